The van der Waals surface area contributed by atoms with Crippen LogP contribution in [0, 0.1) is 0 Å². The van der Waals surface area contributed by atoms with Gasteiger partial charge in [-0.25, -0.2) is 9.59 Å². The molecule has 0 spiro atoms. The van der Waals surface area contributed by atoms with Crippen molar-refractivity contribution in [2.75, 3.05) is 80.8 Å². The van der Waals surface area contributed by atoms with E-state index in [1.165, 1.54) is 33.1 Å². The first-order valence-electron chi connectivity index (χ1n) is 22.2. The Hall–Kier alpha value is -2.77. The number of quaternary nitrogens is 2. The fourth-order valence-electron chi connectivity index (χ4n) is 6.49. The van der Waals surface area contributed by atoms with Crippen LogP contribution in [0.2, 0.25) is 0 Å². The van der Waals surface area contributed by atoms with E-state index in [1.54, 1.807) is 0 Å². The Morgan fingerprint density at radius 2 is 0.877 bits per heavy atom. The lowest BCUT2D eigenvalue weighted by atomic mass is 9.99. The summed E-state index contributed by atoms with van der Waals surface area (Å²) in [5.41, 5.74) is 0. The number of carbonyl (C=O) groups is 5. The van der Waals surface area contributed by atoms with E-state index in [0.29, 0.717) is 54.5 Å². The third-order valence-corrected chi connectivity index (χ3v) is 10.1. The summed E-state index contributed by atoms with van der Waals surface area (Å²) in [7, 11) is 7.61. The molecule has 1 N–H and O–H groups in total. The van der Waals surface area contributed by atoms with E-state index in [4.69, 9.17) is 23.7 Å². The summed E-state index contributed by atoms with van der Waals surface area (Å²) >= 11 is 0. The number of carbonyl (C=O) groups excluding carboxylic acids is 5. The summed E-state index contributed by atoms with van der Waals surface area (Å²) in [6.45, 7) is 7.78. The van der Waals surface area contributed by atoms with Gasteiger partial charge in [0.05, 0.1) is 47.5 Å². The van der Waals surface area contributed by atoms with Crippen LogP contribution in [0.25, 0.3) is 0 Å². The molecule has 0 rings (SSSR count). The number of rotatable bonds is 38. The Labute approximate surface area is 346 Å². The number of ether oxygens (including phenoxy) is 5. The third kappa shape index (κ3) is 36.1. The Balaban J connectivity index is 4.04. The van der Waals surface area contributed by atoms with Crippen LogP contribution in [0.15, 0.2) is 0 Å². The largest absolute Gasteiger partial charge is 0.466 e. The first-order chi connectivity index (χ1) is 27.1. The summed E-state index contributed by atoms with van der Waals surface area (Å²) in [6.07, 6.45) is 19.9. The van der Waals surface area contributed by atoms with Crippen LogP contribution in [0.4, 0.5) is 0 Å². The summed E-state index contributed by atoms with van der Waals surface area (Å²) in [5.74, 6) is -1.38. The second-order valence-electron chi connectivity index (χ2n) is 17.0. The van der Waals surface area contributed by atoms with Crippen molar-refractivity contribution in [3.63, 3.8) is 0 Å². The first-order valence-corrected chi connectivity index (χ1v) is 22.2. The van der Waals surface area contributed by atoms with E-state index < -0.39 is 12.2 Å². The molecule has 0 radical (unpaired) electrons. The lowest BCUT2D eigenvalue weighted by molar-refractivity contribution is -0.883. The fourth-order valence-corrected chi connectivity index (χ4v) is 6.49. The number of hydrogen-bond acceptors (Lipinski definition) is 11. The highest BCUT2D eigenvalue weighted by Gasteiger charge is 2.28. The van der Waals surface area contributed by atoms with Crippen molar-refractivity contribution in [1.82, 2.24) is 0 Å². The highest BCUT2D eigenvalue weighted by atomic mass is 16.6. The van der Waals surface area contributed by atoms with Crippen LogP contribution in [0.3, 0.4) is 0 Å². The Morgan fingerprint density at radius 1 is 0.474 bits per heavy atom. The SMILES string of the molecule is CCCCCCCCC(OC(=O)C[N+](C)(C)CCOC(C)=O)C(O)CCCCCCCC(=O)OCCCCCCCCCCOC(=O)C[N+](C)(C)CCOC(C)=O. The summed E-state index contributed by atoms with van der Waals surface area (Å²) in [4.78, 5) is 59.2. The predicted octanol–water partition coefficient (Wildman–Crippen LogP) is 7.23. The number of likely N-dealkylation sites (N-methyl/N-ethyl adjacent to an activating group) is 2. The quantitative estimate of drug-likeness (QED) is 0.0291. The van der Waals surface area contributed by atoms with Crippen LogP contribution >= 0.6 is 0 Å². The Kier molecular flexibility index (Phi) is 32.5. The van der Waals surface area contributed by atoms with Crippen LogP contribution in [-0.4, -0.2) is 137 Å². The number of aliphatic hydroxyl groups is 1. The van der Waals surface area contributed by atoms with Crippen molar-refractivity contribution in [2.24, 2.45) is 0 Å². The molecule has 2 unspecified atom stereocenters. The maximum Gasteiger partial charge on any atom is 0.362 e. The average molecular weight is 817 g/mol. The molecule has 13 nitrogen and oxygen atoms in total. The zero-order valence-corrected chi connectivity index (χ0v) is 37.3. The van der Waals surface area contributed by atoms with Crippen molar-refractivity contribution >= 4 is 29.8 Å². The van der Waals surface area contributed by atoms with Gasteiger partial charge in [-0.15, -0.1) is 0 Å². The first kappa shape index (κ1) is 54.2. The third-order valence-electron chi connectivity index (χ3n) is 10.1. The van der Waals surface area contributed by atoms with Crippen molar-refractivity contribution < 1.29 is 61.7 Å². The van der Waals surface area contributed by atoms with Crippen molar-refractivity contribution in [3.8, 4) is 0 Å². The molecule has 0 heterocycles. The summed E-state index contributed by atoms with van der Waals surface area (Å²) in [6, 6.07) is 0. The topological polar surface area (TPSA) is 152 Å². The summed E-state index contributed by atoms with van der Waals surface area (Å²) < 4.78 is 27.4. The highest BCUT2D eigenvalue weighted by Crippen LogP contribution is 2.19. The Bertz CT molecular complexity index is 1080. The number of nitrogens with zero attached hydrogens (tertiary/aromatic N) is 2. The van der Waals surface area contributed by atoms with Gasteiger partial charge in [0, 0.05) is 20.3 Å². The molecule has 0 saturated carbocycles. The van der Waals surface area contributed by atoms with Crippen LogP contribution in [-0.2, 0) is 47.7 Å². The Morgan fingerprint density at radius 3 is 1.37 bits per heavy atom. The zero-order chi connectivity index (χ0) is 42.8. The van der Waals surface area contributed by atoms with Crippen LogP contribution in [0.1, 0.15) is 162 Å². The maximum absolute atomic E-state index is 12.9. The minimum absolute atomic E-state index is 0.136. The standard InChI is InChI=1S/C44H84N2O11/c1-8-9-10-11-18-23-28-41(57-44(52)37-46(6,7)31-35-54-39(3)48)40(49)27-22-17-16-19-24-29-42(50)55-32-25-20-14-12-13-15-21-26-33-56-43(51)36-45(4,5)30-34-53-38(2)47/h40-41,49H,8-37H2,1-7H3/q+2. The molecule has 0 bridgehead atoms. The predicted molar refractivity (Wildman–Crippen MR) is 222 cm³/mol. The van der Waals surface area contributed by atoms with Gasteiger partial charge in [-0.05, 0) is 38.5 Å². The van der Waals surface area contributed by atoms with Gasteiger partial charge in [0.1, 0.15) is 32.4 Å². The molecule has 0 aliphatic carbocycles. The number of hydrogen-bond donors (Lipinski definition) is 1. The van der Waals surface area contributed by atoms with E-state index >= 15 is 0 Å². The molecule has 2 atom stereocenters. The molecule has 0 amide bonds. The van der Waals surface area contributed by atoms with Gasteiger partial charge in [-0.3, -0.25) is 14.4 Å². The van der Waals surface area contributed by atoms with Crippen molar-refractivity contribution in [3.05, 3.63) is 0 Å². The molecule has 0 saturated heterocycles. The molecule has 0 aromatic heterocycles. The molecule has 0 aliphatic heterocycles. The van der Waals surface area contributed by atoms with Gasteiger partial charge in [-0.2, -0.15) is 0 Å². The second-order valence-corrected chi connectivity index (χ2v) is 17.0. The molecule has 0 aliphatic rings. The normalized spacial score (nSPS) is 12.8. The molecule has 0 aromatic carbocycles. The van der Waals surface area contributed by atoms with E-state index in [-0.39, 0.29) is 56.1 Å². The number of unbranched alkanes of at least 4 members (excludes halogenated alkanes) is 16. The second kappa shape index (κ2) is 34.1. The zero-order valence-electron chi connectivity index (χ0n) is 37.3. The maximum atomic E-state index is 12.9. The molecule has 0 fully saturated rings. The van der Waals surface area contributed by atoms with Gasteiger partial charge < -0.3 is 37.8 Å². The smallest absolute Gasteiger partial charge is 0.362 e. The summed E-state index contributed by atoms with van der Waals surface area (Å²) in [5, 5.41) is 11.0. The van der Waals surface area contributed by atoms with Gasteiger partial charge in [0.25, 0.3) is 0 Å². The molecule has 13 heteroatoms. The highest BCUT2D eigenvalue weighted by molar-refractivity contribution is 5.71. The van der Waals surface area contributed by atoms with Crippen molar-refractivity contribution in [1.29, 1.82) is 0 Å². The average Bonchev–Trinajstić information content (AvgIpc) is 3.11. The van der Waals surface area contributed by atoms with E-state index in [1.807, 2.05) is 28.2 Å². The molecule has 57 heavy (non-hydrogen) atoms. The van der Waals surface area contributed by atoms with Crippen LogP contribution < -0.4 is 0 Å². The minimum atomic E-state index is -0.712. The fraction of sp³-hybridized carbons (Fsp3) is 0.886. The number of aliphatic hydroxyl groups excluding tert-OH is 1. The van der Waals surface area contributed by atoms with Crippen molar-refractivity contribution in [2.45, 2.75) is 174 Å². The molecule has 334 valence electrons. The minimum Gasteiger partial charge on any atom is -0.466 e. The van der Waals surface area contributed by atoms with Gasteiger partial charge in [0.15, 0.2) is 13.1 Å². The van der Waals surface area contributed by atoms with Gasteiger partial charge in [0.2, 0.25) is 0 Å². The van der Waals surface area contributed by atoms with E-state index in [0.717, 1.165) is 103 Å². The molecular weight excluding hydrogens is 732 g/mol. The lowest BCUT2D eigenvalue weighted by Crippen LogP contribution is -2.47. The lowest BCUT2D eigenvalue weighted by Gasteiger charge is -2.30. The van der Waals surface area contributed by atoms with Gasteiger partial charge in [-0.1, -0.05) is 103 Å². The molecule has 0 aromatic rings. The van der Waals surface area contributed by atoms with Gasteiger partial charge >= 0.3 is 29.8 Å². The monoisotopic (exact) mass is 817 g/mol. The number of esters is 5. The van der Waals surface area contributed by atoms with E-state index in [2.05, 4.69) is 6.92 Å². The van der Waals surface area contributed by atoms with E-state index in [9.17, 15) is 29.1 Å². The van der Waals surface area contributed by atoms with Crippen LogP contribution in [0.5, 0.6) is 0 Å². The molecular formula is C44H84N2O11+2.